The van der Waals surface area contributed by atoms with Crippen molar-refractivity contribution in [1.29, 1.82) is 0 Å². The number of rotatable bonds is 4. The SMILES string of the molecule is Cc1cccc(NS(=O)(=O)c2ccc(I)cc2)c1C(=O)O. The molecule has 2 rings (SSSR count). The summed E-state index contributed by atoms with van der Waals surface area (Å²) in [7, 11) is -3.82. The first-order valence-electron chi connectivity index (χ1n) is 5.92. The van der Waals surface area contributed by atoms with Gasteiger partial charge in [-0.15, -0.1) is 0 Å². The van der Waals surface area contributed by atoms with Gasteiger partial charge in [-0.25, -0.2) is 13.2 Å². The zero-order valence-corrected chi connectivity index (χ0v) is 14.0. The molecule has 0 saturated carbocycles. The lowest BCUT2D eigenvalue weighted by Gasteiger charge is -2.12. The number of anilines is 1. The van der Waals surface area contributed by atoms with Crippen LogP contribution in [0.1, 0.15) is 15.9 Å². The minimum Gasteiger partial charge on any atom is -0.478 e. The number of aromatic carboxylic acids is 1. The van der Waals surface area contributed by atoms with Crippen molar-refractivity contribution in [2.45, 2.75) is 11.8 Å². The second-order valence-corrected chi connectivity index (χ2v) is 7.29. The molecule has 0 radical (unpaired) electrons. The molecule has 110 valence electrons. The van der Waals surface area contributed by atoms with E-state index in [1.54, 1.807) is 31.2 Å². The average molecular weight is 417 g/mol. The predicted octanol–water partition coefficient (Wildman–Crippen LogP) is 3.10. The molecular formula is C14H12INO4S. The van der Waals surface area contributed by atoms with Crippen LogP contribution >= 0.6 is 22.6 Å². The van der Waals surface area contributed by atoms with Gasteiger partial charge in [0.2, 0.25) is 0 Å². The predicted molar refractivity (Wildman–Crippen MR) is 88.1 cm³/mol. The molecular weight excluding hydrogens is 405 g/mol. The van der Waals surface area contributed by atoms with Crippen molar-refractivity contribution in [1.82, 2.24) is 0 Å². The molecule has 2 N–H and O–H groups in total. The summed E-state index contributed by atoms with van der Waals surface area (Å²) in [5.74, 6) is -1.17. The zero-order chi connectivity index (χ0) is 15.6. The van der Waals surface area contributed by atoms with E-state index in [9.17, 15) is 18.3 Å². The van der Waals surface area contributed by atoms with Crippen molar-refractivity contribution >= 4 is 44.3 Å². The van der Waals surface area contributed by atoms with Crippen LogP contribution in [0.25, 0.3) is 0 Å². The Kier molecular flexibility index (Phi) is 4.52. The van der Waals surface area contributed by atoms with Gasteiger partial charge < -0.3 is 5.11 Å². The fourth-order valence-electron chi connectivity index (χ4n) is 1.85. The largest absolute Gasteiger partial charge is 0.478 e. The molecule has 0 spiro atoms. The number of halogens is 1. The summed E-state index contributed by atoms with van der Waals surface area (Å²) in [6, 6.07) is 10.9. The van der Waals surface area contributed by atoms with Crippen LogP contribution in [0.15, 0.2) is 47.4 Å². The molecule has 0 amide bonds. The number of carboxylic acid groups (broad SMARTS) is 1. The van der Waals surface area contributed by atoms with E-state index in [-0.39, 0.29) is 16.1 Å². The van der Waals surface area contributed by atoms with Crippen LogP contribution in [0.2, 0.25) is 0 Å². The van der Waals surface area contributed by atoms with E-state index in [4.69, 9.17) is 0 Å². The van der Waals surface area contributed by atoms with E-state index >= 15 is 0 Å². The van der Waals surface area contributed by atoms with Crippen molar-refractivity contribution in [3.63, 3.8) is 0 Å². The standard InChI is InChI=1S/C14H12INO4S/c1-9-3-2-4-12(13(9)14(17)18)16-21(19,20)11-7-5-10(15)6-8-11/h2-8,16H,1H3,(H,17,18). The number of carbonyl (C=O) groups is 1. The van der Waals surface area contributed by atoms with Crippen molar-refractivity contribution in [3.05, 3.63) is 57.2 Å². The Morgan fingerprint density at radius 2 is 1.76 bits per heavy atom. The van der Waals surface area contributed by atoms with Crippen LogP contribution in [-0.4, -0.2) is 19.5 Å². The van der Waals surface area contributed by atoms with Gasteiger partial charge in [0, 0.05) is 3.57 Å². The zero-order valence-electron chi connectivity index (χ0n) is 11.0. The molecule has 5 nitrogen and oxygen atoms in total. The van der Waals surface area contributed by atoms with Crippen LogP contribution in [-0.2, 0) is 10.0 Å². The van der Waals surface area contributed by atoms with Gasteiger partial charge in [0.25, 0.3) is 10.0 Å². The van der Waals surface area contributed by atoms with Crippen molar-refractivity contribution in [2.24, 2.45) is 0 Å². The number of hydrogen-bond donors (Lipinski definition) is 2. The number of nitrogens with one attached hydrogen (secondary N) is 1. The molecule has 21 heavy (non-hydrogen) atoms. The van der Waals surface area contributed by atoms with Gasteiger partial charge in [0.05, 0.1) is 16.1 Å². The maximum Gasteiger partial charge on any atom is 0.338 e. The quantitative estimate of drug-likeness (QED) is 0.750. The van der Waals surface area contributed by atoms with Crippen LogP contribution < -0.4 is 4.72 Å². The fourth-order valence-corrected chi connectivity index (χ4v) is 3.29. The summed E-state index contributed by atoms with van der Waals surface area (Å²) < 4.78 is 27.8. The highest BCUT2D eigenvalue weighted by Crippen LogP contribution is 2.23. The van der Waals surface area contributed by atoms with Gasteiger partial charge >= 0.3 is 5.97 Å². The highest BCUT2D eigenvalue weighted by Gasteiger charge is 2.19. The maximum absolute atomic E-state index is 12.3. The average Bonchev–Trinajstić information content (AvgIpc) is 2.38. The van der Waals surface area contributed by atoms with E-state index in [0.29, 0.717) is 5.56 Å². The molecule has 0 aliphatic heterocycles. The van der Waals surface area contributed by atoms with Gasteiger partial charge in [-0.2, -0.15) is 0 Å². The Labute approximate surface area is 136 Å². The number of aryl methyl sites for hydroxylation is 1. The molecule has 0 bridgehead atoms. The lowest BCUT2D eigenvalue weighted by atomic mass is 10.1. The Balaban J connectivity index is 2.44. The molecule has 0 aromatic heterocycles. The van der Waals surface area contributed by atoms with Crippen LogP contribution in [0.4, 0.5) is 5.69 Å². The Morgan fingerprint density at radius 1 is 1.14 bits per heavy atom. The summed E-state index contributed by atoms with van der Waals surface area (Å²) in [6.07, 6.45) is 0. The van der Waals surface area contributed by atoms with Crippen molar-refractivity contribution in [2.75, 3.05) is 4.72 Å². The highest BCUT2D eigenvalue weighted by molar-refractivity contribution is 14.1. The molecule has 0 unspecified atom stereocenters. The van der Waals surface area contributed by atoms with Gasteiger partial charge in [0.1, 0.15) is 0 Å². The Hall–Kier alpha value is -1.61. The third-order valence-electron chi connectivity index (χ3n) is 2.85. The second kappa shape index (κ2) is 6.02. The summed E-state index contributed by atoms with van der Waals surface area (Å²) in [5.41, 5.74) is 0.498. The monoisotopic (exact) mass is 417 g/mol. The van der Waals surface area contributed by atoms with Crippen LogP contribution in [0.5, 0.6) is 0 Å². The lowest BCUT2D eigenvalue weighted by molar-refractivity contribution is 0.0697. The third kappa shape index (κ3) is 3.53. The highest BCUT2D eigenvalue weighted by atomic mass is 127. The summed E-state index contributed by atoms with van der Waals surface area (Å²) in [4.78, 5) is 11.4. The molecule has 0 fully saturated rings. The molecule has 0 aliphatic rings. The van der Waals surface area contributed by atoms with Crippen LogP contribution in [0, 0.1) is 10.5 Å². The molecule has 7 heteroatoms. The minimum absolute atomic E-state index is 0.0495. The third-order valence-corrected chi connectivity index (χ3v) is 4.96. The Morgan fingerprint density at radius 3 is 2.33 bits per heavy atom. The van der Waals surface area contributed by atoms with Gasteiger partial charge in [-0.05, 0) is 65.4 Å². The van der Waals surface area contributed by atoms with E-state index in [0.717, 1.165) is 3.57 Å². The fraction of sp³-hybridized carbons (Fsp3) is 0.0714. The van der Waals surface area contributed by atoms with E-state index in [1.807, 2.05) is 0 Å². The molecule has 0 heterocycles. The first kappa shape index (κ1) is 15.8. The lowest BCUT2D eigenvalue weighted by Crippen LogP contribution is -2.16. The van der Waals surface area contributed by atoms with Gasteiger partial charge in [0.15, 0.2) is 0 Å². The number of hydrogen-bond acceptors (Lipinski definition) is 3. The van der Waals surface area contributed by atoms with E-state index in [1.165, 1.54) is 18.2 Å². The van der Waals surface area contributed by atoms with Crippen LogP contribution in [0.3, 0.4) is 0 Å². The summed E-state index contributed by atoms with van der Waals surface area (Å²) in [6.45, 7) is 1.62. The van der Waals surface area contributed by atoms with E-state index < -0.39 is 16.0 Å². The number of benzene rings is 2. The first-order chi connectivity index (χ1) is 9.81. The second-order valence-electron chi connectivity index (χ2n) is 4.36. The van der Waals surface area contributed by atoms with Gasteiger partial charge in [-0.1, -0.05) is 12.1 Å². The van der Waals surface area contributed by atoms with Crippen molar-refractivity contribution in [3.8, 4) is 0 Å². The number of carboxylic acids is 1. The molecule has 2 aromatic rings. The minimum atomic E-state index is -3.82. The molecule has 0 saturated heterocycles. The van der Waals surface area contributed by atoms with Gasteiger partial charge in [-0.3, -0.25) is 4.72 Å². The maximum atomic E-state index is 12.3. The topological polar surface area (TPSA) is 83.5 Å². The normalized spacial score (nSPS) is 11.1. The van der Waals surface area contributed by atoms with E-state index in [2.05, 4.69) is 27.3 Å². The molecule has 2 aromatic carbocycles. The summed E-state index contributed by atoms with van der Waals surface area (Å²) in [5, 5.41) is 9.21. The Bertz CT molecular complexity index is 785. The molecule has 0 atom stereocenters. The summed E-state index contributed by atoms with van der Waals surface area (Å²) >= 11 is 2.07. The number of sulfonamides is 1. The smallest absolute Gasteiger partial charge is 0.338 e. The molecule has 0 aliphatic carbocycles. The first-order valence-corrected chi connectivity index (χ1v) is 8.49. The van der Waals surface area contributed by atoms with Crippen molar-refractivity contribution < 1.29 is 18.3 Å².